The molecular formula is C14H22NO6P. The molecule has 1 aromatic rings. The van der Waals surface area contributed by atoms with Crippen molar-refractivity contribution in [3.63, 3.8) is 0 Å². The Labute approximate surface area is 130 Å². The summed E-state index contributed by atoms with van der Waals surface area (Å²) in [5, 5.41) is 10.6. The second-order valence-corrected chi connectivity index (χ2v) is 6.26. The molecular weight excluding hydrogens is 309 g/mol. The molecule has 0 heterocycles. The molecule has 0 radical (unpaired) electrons. The number of benzene rings is 1. The number of nitro benzene ring substituents is 1. The molecule has 0 bridgehead atoms. The van der Waals surface area contributed by atoms with Crippen molar-refractivity contribution in [3.8, 4) is 5.75 Å². The maximum atomic E-state index is 12.6. The van der Waals surface area contributed by atoms with E-state index in [0.29, 0.717) is 0 Å². The van der Waals surface area contributed by atoms with Gasteiger partial charge in [-0.25, -0.2) is 4.57 Å². The zero-order valence-corrected chi connectivity index (χ0v) is 13.8. The Balaban J connectivity index is 2.73. The van der Waals surface area contributed by atoms with Crippen LogP contribution in [-0.2, 0) is 13.6 Å². The Hall–Kier alpha value is -1.43. The molecule has 0 saturated carbocycles. The van der Waals surface area contributed by atoms with Crippen LogP contribution in [0.5, 0.6) is 5.75 Å². The van der Waals surface area contributed by atoms with E-state index in [1.807, 2.05) is 13.8 Å². The number of unbranched alkanes of at least 4 members (excludes halogenated alkanes) is 2. The van der Waals surface area contributed by atoms with Crippen molar-refractivity contribution in [2.24, 2.45) is 0 Å². The van der Waals surface area contributed by atoms with Crippen molar-refractivity contribution in [2.75, 3.05) is 13.2 Å². The van der Waals surface area contributed by atoms with E-state index in [0.717, 1.165) is 25.7 Å². The van der Waals surface area contributed by atoms with Gasteiger partial charge in [0.1, 0.15) is 5.75 Å². The van der Waals surface area contributed by atoms with Gasteiger partial charge in [-0.1, -0.05) is 26.7 Å². The number of hydrogen-bond donors (Lipinski definition) is 0. The van der Waals surface area contributed by atoms with E-state index in [9.17, 15) is 14.7 Å². The maximum absolute atomic E-state index is 12.6. The molecule has 0 saturated heterocycles. The van der Waals surface area contributed by atoms with Gasteiger partial charge in [-0.05, 0) is 25.0 Å². The lowest BCUT2D eigenvalue weighted by atomic mass is 10.3. The minimum absolute atomic E-state index is 0.0685. The fourth-order valence-electron chi connectivity index (χ4n) is 1.49. The average Bonchev–Trinajstić information content (AvgIpc) is 2.48. The minimum atomic E-state index is -3.71. The summed E-state index contributed by atoms with van der Waals surface area (Å²) in [7, 11) is -3.71. The van der Waals surface area contributed by atoms with Gasteiger partial charge < -0.3 is 4.52 Å². The molecule has 0 fully saturated rings. The molecule has 1 aromatic carbocycles. The van der Waals surface area contributed by atoms with Gasteiger partial charge in [0.25, 0.3) is 5.69 Å². The van der Waals surface area contributed by atoms with E-state index >= 15 is 0 Å². The van der Waals surface area contributed by atoms with E-state index in [1.165, 1.54) is 24.3 Å². The summed E-state index contributed by atoms with van der Waals surface area (Å²) < 4.78 is 28.4. The molecule has 124 valence electrons. The van der Waals surface area contributed by atoms with Gasteiger partial charge in [0, 0.05) is 12.1 Å². The molecule has 0 unspecified atom stereocenters. The summed E-state index contributed by atoms with van der Waals surface area (Å²) in [6, 6.07) is 5.30. The standard InChI is InChI=1S/C14H22NO6P/c1-3-5-11-19-22(18,20-12-6-4-2)21-14-9-7-13(8-10-14)15(16)17/h7-10H,3-6,11-12H2,1-2H3. The average molecular weight is 331 g/mol. The number of nitro groups is 1. The Morgan fingerprint density at radius 3 is 1.95 bits per heavy atom. The summed E-state index contributed by atoms with van der Waals surface area (Å²) in [4.78, 5) is 10.1. The highest BCUT2D eigenvalue weighted by Gasteiger charge is 2.28. The van der Waals surface area contributed by atoms with Gasteiger partial charge in [-0.2, -0.15) is 0 Å². The maximum Gasteiger partial charge on any atom is 0.530 e. The smallest absolute Gasteiger partial charge is 0.404 e. The van der Waals surface area contributed by atoms with Crippen molar-refractivity contribution in [2.45, 2.75) is 39.5 Å². The third-order valence-corrected chi connectivity index (χ3v) is 4.19. The van der Waals surface area contributed by atoms with Crippen LogP contribution in [0, 0.1) is 10.1 Å². The molecule has 0 spiro atoms. The first-order chi connectivity index (χ1) is 10.5. The molecule has 0 aliphatic carbocycles. The van der Waals surface area contributed by atoms with Crippen molar-refractivity contribution < 1.29 is 23.1 Å². The van der Waals surface area contributed by atoms with Gasteiger partial charge in [0.2, 0.25) is 0 Å². The van der Waals surface area contributed by atoms with Crippen LogP contribution in [0.25, 0.3) is 0 Å². The lowest BCUT2D eigenvalue weighted by Gasteiger charge is -2.18. The van der Waals surface area contributed by atoms with Gasteiger partial charge in [-0.3, -0.25) is 19.2 Å². The first-order valence-electron chi connectivity index (χ1n) is 7.34. The van der Waals surface area contributed by atoms with E-state index in [2.05, 4.69) is 0 Å². The molecule has 1 rings (SSSR count). The zero-order valence-electron chi connectivity index (χ0n) is 12.9. The largest absolute Gasteiger partial charge is 0.530 e. The monoisotopic (exact) mass is 331 g/mol. The molecule has 0 atom stereocenters. The fourth-order valence-corrected chi connectivity index (χ4v) is 2.75. The molecule has 0 aliphatic rings. The Kier molecular flexibility index (Phi) is 8.09. The highest BCUT2D eigenvalue weighted by Crippen LogP contribution is 2.49. The van der Waals surface area contributed by atoms with Crippen molar-refractivity contribution >= 4 is 13.5 Å². The molecule has 0 aromatic heterocycles. The highest BCUT2D eigenvalue weighted by molar-refractivity contribution is 7.48. The Morgan fingerprint density at radius 1 is 1.05 bits per heavy atom. The number of non-ortho nitro benzene ring substituents is 1. The third-order valence-electron chi connectivity index (χ3n) is 2.76. The van der Waals surface area contributed by atoms with Gasteiger partial charge in [0.15, 0.2) is 0 Å². The predicted molar refractivity (Wildman–Crippen MR) is 83.1 cm³/mol. The molecule has 8 heteroatoms. The number of phosphoric acid groups is 1. The van der Waals surface area contributed by atoms with Gasteiger partial charge in [-0.15, -0.1) is 0 Å². The van der Waals surface area contributed by atoms with Gasteiger partial charge in [0.05, 0.1) is 18.1 Å². The third kappa shape index (κ3) is 6.56. The normalized spacial score (nSPS) is 11.4. The summed E-state index contributed by atoms with van der Waals surface area (Å²) in [5.74, 6) is 0.210. The summed E-state index contributed by atoms with van der Waals surface area (Å²) in [6.45, 7) is 4.52. The molecule has 0 N–H and O–H groups in total. The van der Waals surface area contributed by atoms with Crippen LogP contribution in [-0.4, -0.2) is 18.1 Å². The fraction of sp³-hybridized carbons (Fsp3) is 0.571. The molecule has 7 nitrogen and oxygen atoms in total. The number of hydrogen-bond acceptors (Lipinski definition) is 6. The molecule has 0 aliphatic heterocycles. The highest BCUT2D eigenvalue weighted by atomic mass is 31.2. The quantitative estimate of drug-likeness (QED) is 0.252. The van der Waals surface area contributed by atoms with Crippen LogP contribution in [0.3, 0.4) is 0 Å². The van der Waals surface area contributed by atoms with E-state index in [-0.39, 0.29) is 24.7 Å². The van der Waals surface area contributed by atoms with Crippen molar-refractivity contribution in [1.82, 2.24) is 0 Å². The second kappa shape index (κ2) is 9.56. The van der Waals surface area contributed by atoms with Crippen LogP contribution >= 0.6 is 7.82 Å². The number of phosphoric ester groups is 1. The van der Waals surface area contributed by atoms with Crippen LogP contribution in [0.1, 0.15) is 39.5 Å². The SMILES string of the molecule is CCCCOP(=O)(OCCCC)Oc1ccc([N+](=O)[O-])cc1. The molecule has 0 amide bonds. The first-order valence-corrected chi connectivity index (χ1v) is 8.80. The summed E-state index contributed by atoms with van der Waals surface area (Å²) in [6.07, 6.45) is 3.27. The van der Waals surface area contributed by atoms with Crippen LogP contribution < -0.4 is 4.52 Å². The van der Waals surface area contributed by atoms with Crippen molar-refractivity contribution in [3.05, 3.63) is 34.4 Å². The van der Waals surface area contributed by atoms with E-state index in [4.69, 9.17) is 13.6 Å². The first kappa shape index (κ1) is 18.6. The topological polar surface area (TPSA) is 87.9 Å². The zero-order chi connectivity index (χ0) is 16.4. The number of rotatable bonds is 11. The lowest BCUT2D eigenvalue weighted by Crippen LogP contribution is -2.05. The van der Waals surface area contributed by atoms with Gasteiger partial charge >= 0.3 is 7.82 Å². The van der Waals surface area contributed by atoms with Crippen LogP contribution in [0.15, 0.2) is 24.3 Å². The summed E-state index contributed by atoms with van der Waals surface area (Å²) >= 11 is 0. The lowest BCUT2D eigenvalue weighted by molar-refractivity contribution is -0.384. The second-order valence-electron chi connectivity index (χ2n) is 4.66. The van der Waals surface area contributed by atoms with E-state index in [1.54, 1.807) is 0 Å². The van der Waals surface area contributed by atoms with E-state index < -0.39 is 12.7 Å². The Morgan fingerprint density at radius 2 is 1.55 bits per heavy atom. The van der Waals surface area contributed by atoms with Crippen molar-refractivity contribution in [1.29, 1.82) is 0 Å². The van der Waals surface area contributed by atoms with Crippen LogP contribution in [0.2, 0.25) is 0 Å². The minimum Gasteiger partial charge on any atom is -0.404 e. The Bertz CT molecular complexity index is 491. The predicted octanol–water partition coefficient (Wildman–Crippen LogP) is 4.72. The number of nitrogens with zero attached hydrogens (tertiary/aromatic N) is 1. The van der Waals surface area contributed by atoms with Crippen LogP contribution in [0.4, 0.5) is 5.69 Å². The molecule has 22 heavy (non-hydrogen) atoms. The summed E-state index contributed by atoms with van der Waals surface area (Å²) in [5.41, 5.74) is -0.0685.